The van der Waals surface area contributed by atoms with Gasteiger partial charge >= 0.3 is 6.09 Å². The first kappa shape index (κ1) is 9.77. The summed E-state index contributed by atoms with van der Waals surface area (Å²) in [5.41, 5.74) is 0. The fourth-order valence-electron chi connectivity index (χ4n) is 3.00. The molecule has 2 fully saturated rings. The minimum absolute atomic E-state index is 0.0613. The van der Waals surface area contributed by atoms with Crippen LogP contribution in [-0.2, 0) is 0 Å². The summed E-state index contributed by atoms with van der Waals surface area (Å²) in [6.45, 7) is 0. The number of aliphatic hydroxyl groups excluding tert-OH is 1. The van der Waals surface area contributed by atoms with Gasteiger partial charge in [-0.15, -0.1) is 0 Å². The second kappa shape index (κ2) is 3.77. The van der Waals surface area contributed by atoms with Crippen LogP contribution in [0.4, 0.5) is 4.79 Å². The molecule has 2 aliphatic rings. The van der Waals surface area contributed by atoms with Crippen molar-refractivity contribution in [2.24, 2.45) is 11.8 Å². The SMILES string of the molecule is O=C(O)NC1CC2CCCC(C1)C2O. The van der Waals surface area contributed by atoms with Crippen molar-refractivity contribution in [3.05, 3.63) is 0 Å². The summed E-state index contributed by atoms with van der Waals surface area (Å²) >= 11 is 0. The van der Waals surface area contributed by atoms with Crippen LogP contribution < -0.4 is 5.32 Å². The molecule has 3 N–H and O–H groups in total. The first-order valence-electron chi connectivity index (χ1n) is 5.34. The molecule has 0 saturated heterocycles. The smallest absolute Gasteiger partial charge is 0.404 e. The zero-order valence-electron chi connectivity index (χ0n) is 8.15. The molecule has 0 aromatic carbocycles. The van der Waals surface area contributed by atoms with Gasteiger partial charge in [0, 0.05) is 6.04 Å². The molecule has 0 spiro atoms. The summed E-state index contributed by atoms with van der Waals surface area (Å²) in [5.74, 6) is 0.638. The lowest BCUT2D eigenvalue weighted by Gasteiger charge is -2.43. The maximum atomic E-state index is 10.5. The van der Waals surface area contributed by atoms with Crippen LogP contribution in [0.15, 0.2) is 0 Å². The Morgan fingerprint density at radius 2 is 1.79 bits per heavy atom. The Balaban J connectivity index is 1.97. The van der Waals surface area contributed by atoms with Crippen LogP contribution in [0.2, 0.25) is 0 Å². The van der Waals surface area contributed by atoms with E-state index in [9.17, 15) is 9.90 Å². The second-order valence-corrected chi connectivity index (χ2v) is 4.56. The molecule has 1 amide bonds. The Kier molecular flexibility index (Phi) is 2.63. The molecule has 4 nitrogen and oxygen atoms in total. The van der Waals surface area contributed by atoms with E-state index in [1.807, 2.05) is 0 Å². The Bertz CT molecular complexity index is 217. The van der Waals surface area contributed by atoms with E-state index < -0.39 is 6.09 Å². The van der Waals surface area contributed by atoms with Crippen molar-refractivity contribution in [3.8, 4) is 0 Å². The van der Waals surface area contributed by atoms with Crippen molar-refractivity contribution >= 4 is 6.09 Å². The lowest BCUT2D eigenvalue weighted by Crippen LogP contribution is -2.48. The Morgan fingerprint density at radius 1 is 1.21 bits per heavy atom. The Morgan fingerprint density at radius 3 is 2.29 bits per heavy atom. The van der Waals surface area contributed by atoms with E-state index in [4.69, 9.17) is 5.11 Å². The highest BCUT2D eigenvalue weighted by molar-refractivity contribution is 5.64. The normalized spacial score (nSPS) is 41.8. The topological polar surface area (TPSA) is 69.6 Å². The predicted octanol–water partition coefficient (Wildman–Crippen LogP) is 1.19. The summed E-state index contributed by atoms with van der Waals surface area (Å²) in [6, 6.07) is 0.0613. The molecular formula is C10H17NO3. The summed E-state index contributed by atoms with van der Waals surface area (Å²) in [4.78, 5) is 10.5. The van der Waals surface area contributed by atoms with Gasteiger partial charge in [0.15, 0.2) is 0 Å². The second-order valence-electron chi connectivity index (χ2n) is 4.56. The van der Waals surface area contributed by atoms with Gasteiger partial charge in [-0.05, 0) is 37.5 Å². The van der Waals surface area contributed by atoms with Crippen LogP contribution in [0.25, 0.3) is 0 Å². The Hall–Kier alpha value is -0.770. The lowest BCUT2D eigenvalue weighted by molar-refractivity contribution is -0.0244. The van der Waals surface area contributed by atoms with E-state index in [2.05, 4.69) is 5.32 Å². The molecule has 0 aliphatic heterocycles. The third-order valence-electron chi connectivity index (χ3n) is 3.62. The van der Waals surface area contributed by atoms with Crippen molar-refractivity contribution in [2.75, 3.05) is 0 Å². The predicted molar refractivity (Wildman–Crippen MR) is 51.0 cm³/mol. The molecule has 0 radical (unpaired) electrons. The summed E-state index contributed by atoms with van der Waals surface area (Å²) < 4.78 is 0. The van der Waals surface area contributed by atoms with E-state index in [-0.39, 0.29) is 12.1 Å². The number of carbonyl (C=O) groups is 1. The van der Waals surface area contributed by atoms with E-state index in [1.54, 1.807) is 0 Å². The number of rotatable bonds is 1. The minimum Gasteiger partial charge on any atom is -0.465 e. The minimum atomic E-state index is -0.940. The molecule has 2 saturated carbocycles. The molecule has 0 heterocycles. The first-order chi connectivity index (χ1) is 6.66. The van der Waals surface area contributed by atoms with Crippen molar-refractivity contribution in [1.29, 1.82) is 0 Å². The van der Waals surface area contributed by atoms with Crippen LogP contribution in [0.1, 0.15) is 32.1 Å². The molecule has 0 aromatic rings. The molecule has 80 valence electrons. The number of amides is 1. The van der Waals surface area contributed by atoms with E-state index in [0.29, 0.717) is 11.8 Å². The highest BCUT2D eigenvalue weighted by Crippen LogP contribution is 2.40. The third kappa shape index (κ3) is 1.85. The van der Waals surface area contributed by atoms with Gasteiger partial charge in [-0.1, -0.05) is 6.42 Å². The highest BCUT2D eigenvalue weighted by atomic mass is 16.4. The zero-order valence-corrected chi connectivity index (χ0v) is 8.15. The maximum Gasteiger partial charge on any atom is 0.404 e. The van der Waals surface area contributed by atoms with Crippen molar-refractivity contribution in [1.82, 2.24) is 5.32 Å². The van der Waals surface area contributed by atoms with Crippen LogP contribution in [0, 0.1) is 11.8 Å². The fraction of sp³-hybridized carbons (Fsp3) is 0.900. The average molecular weight is 199 g/mol. The van der Waals surface area contributed by atoms with Gasteiger partial charge in [-0.3, -0.25) is 0 Å². The van der Waals surface area contributed by atoms with Gasteiger partial charge < -0.3 is 15.5 Å². The molecule has 0 aromatic heterocycles. The molecule has 2 rings (SSSR count). The van der Waals surface area contributed by atoms with E-state index in [0.717, 1.165) is 25.7 Å². The van der Waals surface area contributed by atoms with E-state index >= 15 is 0 Å². The van der Waals surface area contributed by atoms with E-state index in [1.165, 1.54) is 6.42 Å². The van der Waals surface area contributed by atoms with Crippen LogP contribution in [-0.4, -0.2) is 28.5 Å². The fourth-order valence-corrected chi connectivity index (χ4v) is 3.00. The molecule has 4 heteroatoms. The summed E-state index contributed by atoms with van der Waals surface area (Å²) in [6.07, 6.45) is 3.78. The van der Waals surface area contributed by atoms with Crippen molar-refractivity contribution < 1.29 is 15.0 Å². The summed E-state index contributed by atoms with van der Waals surface area (Å²) in [7, 11) is 0. The van der Waals surface area contributed by atoms with Gasteiger partial charge in [0.1, 0.15) is 0 Å². The molecule has 2 unspecified atom stereocenters. The first-order valence-corrected chi connectivity index (χ1v) is 5.34. The third-order valence-corrected chi connectivity index (χ3v) is 3.62. The van der Waals surface area contributed by atoms with Crippen LogP contribution in [0.3, 0.4) is 0 Å². The van der Waals surface area contributed by atoms with Gasteiger partial charge in [0.05, 0.1) is 6.10 Å². The zero-order chi connectivity index (χ0) is 10.1. The molecule has 2 atom stereocenters. The number of hydrogen-bond donors (Lipinski definition) is 3. The maximum absolute atomic E-state index is 10.5. The Labute approximate surface area is 83.3 Å². The quantitative estimate of drug-likeness (QED) is 0.594. The summed E-state index contributed by atoms with van der Waals surface area (Å²) in [5, 5.41) is 21.0. The van der Waals surface area contributed by atoms with Gasteiger partial charge in [-0.25, -0.2) is 4.79 Å². The number of carboxylic acid groups (broad SMARTS) is 1. The number of aliphatic hydroxyl groups is 1. The van der Waals surface area contributed by atoms with Crippen molar-refractivity contribution in [3.63, 3.8) is 0 Å². The van der Waals surface area contributed by atoms with Crippen LogP contribution >= 0.6 is 0 Å². The molecule has 14 heavy (non-hydrogen) atoms. The molecular weight excluding hydrogens is 182 g/mol. The molecule has 2 aliphatic carbocycles. The average Bonchev–Trinajstić information content (AvgIpc) is 2.05. The number of fused-ring (bicyclic) bond motifs is 2. The van der Waals surface area contributed by atoms with Gasteiger partial charge in [-0.2, -0.15) is 0 Å². The van der Waals surface area contributed by atoms with Crippen LogP contribution in [0.5, 0.6) is 0 Å². The lowest BCUT2D eigenvalue weighted by atomic mass is 9.68. The molecule has 2 bridgehead atoms. The van der Waals surface area contributed by atoms with Gasteiger partial charge in [0.2, 0.25) is 0 Å². The highest BCUT2D eigenvalue weighted by Gasteiger charge is 2.39. The monoisotopic (exact) mass is 199 g/mol. The van der Waals surface area contributed by atoms with Gasteiger partial charge in [0.25, 0.3) is 0 Å². The number of nitrogens with one attached hydrogen (secondary N) is 1. The largest absolute Gasteiger partial charge is 0.465 e. The number of hydrogen-bond acceptors (Lipinski definition) is 2. The van der Waals surface area contributed by atoms with Crippen molar-refractivity contribution in [2.45, 2.75) is 44.2 Å². The standard InChI is InChI=1S/C10H17NO3/c12-9-6-2-1-3-7(9)5-8(4-6)11-10(13)14/h6-9,11-12H,1-5H2,(H,13,14).